The summed E-state index contributed by atoms with van der Waals surface area (Å²) in [6.45, 7) is 3.58. The van der Waals surface area contributed by atoms with Gasteiger partial charge in [0.05, 0.1) is 18.9 Å². The average Bonchev–Trinajstić information content (AvgIpc) is 2.94. The third-order valence-corrected chi connectivity index (χ3v) is 4.71. The van der Waals surface area contributed by atoms with Crippen molar-refractivity contribution in [2.75, 3.05) is 37.7 Å². The topological polar surface area (TPSA) is 58.6 Å². The lowest BCUT2D eigenvalue weighted by Crippen LogP contribution is -2.37. The molecule has 1 amide bonds. The molecule has 0 spiro atoms. The van der Waals surface area contributed by atoms with Crippen molar-refractivity contribution in [3.8, 4) is 0 Å². The number of nitrogens with zero attached hydrogens (tertiary/aromatic N) is 4. The first-order valence-electron chi connectivity index (χ1n) is 8.28. The van der Waals surface area contributed by atoms with Crippen LogP contribution in [0, 0.1) is 5.92 Å². The quantitative estimate of drug-likeness (QED) is 0.837. The molecule has 0 N–H and O–H groups in total. The van der Waals surface area contributed by atoms with Crippen LogP contribution < -0.4 is 4.90 Å². The van der Waals surface area contributed by atoms with E-state index in [9.17, 15) is 4.79 Å². The van der Waals surface area contributed by atoms with Gasteiger partial charge in [-0.25, -0.2) is 4.98 Å². The van der Waals surface area contributed by atoms with Crippen molar-refractivity contribution in [3.63, 3.8) is 0 Å². The van der Waals surface area contributed by atoms with Gasteiger partial charge in [-0.05, 0) is 12.1 Å². The van der Waals surface area contributed by atoms with Crippen LogP contribution in [0.4, 0.5) is 5.82 Å². The average molecular weight is 324 g/mol. The third-order valence-electron chi connectivity index (χ3n) is 4.71. The number of benzene rings is 1. The van der Waals surface area contributed by atoms with E-state index in [4.69, 9.17) is 4.74 Å². The van der Waals surface area contributed by atoms with Gasteiger partial charge in [0.25, 0.3) is 5.91 Å². The molecule has 2 aromatic rings. The highest BCUT2D eigenvalue weighted by molar-refractivity contribution is 5.94. The summed E-state index contributed by atoms with van der Waals surface area (Å²) >= 11 is 0. The van der Waals surface area contributed by atoms with Gasteiger partial charge in [-0.3, -0.25) is 9.78 Å². The summed E-state index contributed by atoms with van der Waals surface area (Å²) in [5.74, 6) is 1.25. The van der Waals surface area contributed by atoms with Crippen LogP contribution >= 0.6 is 0 Å². The van der Waals surface area contributed by atoms with Crippen LogP contribution in [0.5, 0.6) is 0 Å². The highest BCUT2D eigenvalue weighted by Gasteiger charge is 2.38. The molecule has 2 saturated heterocycles. The summed E-state index contributed by atoms with van der Waals surface area (Å²) in [6.07, 6.45) is 5.29. The maximum Gasteiger partial charge on any atom is 0.253 e. The van der Waals surface area contributed by atoms with Crippen LogP contribution in [0.2, 0.25) is 0 Å². The molecule has 2 aliphatic rings. The third kappa shape index (κ3) is 2.97. The van der Waals surface area contributed by atoms with Gasteiger partial charge in [-0.1, -0.05) is 18.2 Å². The van der Waals surface area contributed by atoms with Gasteiger partial charge in [0.15, 0.2) is 0 Å². The standard InChI is InChI=1S/C18H20N4O2/c23-18(14-4-2-1-3-5-14)21-8-9-24-16-13-22(12-15(16)11-21)17-10-19-6-7-20-17/h1-7,10,15-16H,8-9,11-13H2/t15-,16+/m0/s1. The fourth-order valence-electron chi connectivity index (χ4n) is 3.48. The number of anilines is 1. The van der Waals surface area contributed by atoms with Gasteiger partial charge < -0.3 is 14.5 Å². The zero-order valence-corrected chi connectivity index (χ0v) is 13.4. The van der Waals surface area contributed by atoms with E-state index in [0.717, 1.165) is 31.0 Å². The van der Waals surface area contributed by atoms with Crippen molar-refractivity contribution < 1.29 is 9.53 Å². The number of aromatic nitrogens is 2. The van der Waals surface area contributed by atoms with Gasteiger partial charge >= 0.3 is 0 Å². The van der Waals surface area contributed by atoms with Crippen molar-refractivity contribution >= 4 is 11.7 Å². The number of hydrogen-bond acceptors (Lipinski definition) is 5. The van der Waals surface area contributed by atoms with Crippen LogP contribution in [-0.4, -0.2) is 59.7 Å². The summed E-state index contributed by atoms with van der Waals surface area (Å²) < 4.78 is 6.01. The number of hydrogen-bond donors (Lipinski definition) is 0. The summed E-state index contributed by atoms with van der Waals surface area (Å²) in [4.78, 5) is 25.3. The fourth-order valence-corrected chi connectivity index (χ4v) is 3.48. The number of amides is 1. The molecule has 3 heterocycles. The lowest BCUT2D eigenvalue weighted by Gasteiger charge is -2.24. The second-order valence-electron chi connectivity index (χ2n) is 6.26. The van der Waals surface area contributed by atoms with Crippen molar-refractivity contribution in [3.05, 3.63) is 54.5 Å². The number of fused-ring (bicyclic) bond motifs is 1. The first-order chi connectivity index (χ1) is 11.8. The van der Waals surface area contributed by atoms with Crippen molar-refractivity contribution in [1.29, 1.82) is 0 Å². The first-order valence-corrected chi connectivity index (χ1v) is 8.28. The predicted molar refractivity (Wildman–Crippen MR) is 89.8 cm³/mol. The Morgan fingerprint density at radius 2 is 2.00 bits per heavy atom. The van der Waals surface area contributed by atoms with Gasteiger partial charge in [0, 0.05) is 50.1 Å². The highest BCUT2D eigenvalue weighted by Crippen LogP contribution is 2.27. The Labute approximate surface area is 141 Å². The van der Waals surface area contributed by atoms with Crippen LogP contribution in [0.15, 0.2) is 48.9 Å². The van der Waals surface area contributed by atoms with E-state index >= 15 is 0 Å². The van der Waals surface area contributed by atoms with Crippen LogP contribution in [0.1, 0.15) is 10.4 Å². The maximum atomic E-state index is 12.7. The van der Waals surface area contributed by atoms with Gasteiger partial charge in [0.2, 0.25) is 0 Å². The Balaban J connectivity index is 1.48. The van der Waals surface area contributed by atoms with Crippen molar-refractivity contribution in [2.24, 2.45) is 5.92 Å². The lowest BCUT2D eigenvalue weighted by atomic mass is 10.1. The molecule has 1 aromatic heterocycles. The number of carbonyl (C=O) groups excluding carboxylic acids is 1. The molecule has 0 saturated carbocycles. The number of carbonyl (C=O) groups is 1. The van der Waals surface area contributed by atoms with Gasteiger partial charge in [-0.15, -0.1) is 0 Å². The zero-order valence-electron chi connectivity index (χ0n) is 13.4. The number of ether oxygens (including phenoxy) is 1. The normalized spacial score (nSPS) is 23.7. The van der Waals surface area contributed by atoms with Crippen LogP contribution in [0.25, 0.3) is 0 Å². The first kappa shape index (κ1) is 15.1. The van der Waals surface area contributed by atoms with Crippen molar-refractivity contribution in [2.45, 2.75) is 6.10 Å². The van der Waals surface area contributed by atoms with Crippen LogP contribution in [-0.2, 0) is 4.74 Å². The second-order valence-corrected chi connectivity index (χ2v) is 6.26. The Bertz CT molecular complexity index is 695. The fraction of sp³-hybridized carbons (Fsp3) is 0.389. The summed E-state index contributed by atoms with van der Waals surface area (Å²) in [5, 5.41) is 0. The van der Waals surface area contributed by atoms with E-state index in [2.05, 4.69) is 14.9 Å². The molecule has 0 aliphatic carbocycles. The Kier molecular flexibility index (Phi) is 4.13. The minimum Gasteiger partial charge on any atom is -0.374 e. The monoisotopic (exact) mass is 324 g/mol. The summed E-state index contributed by atoms with van der Waals surface area (Å²) in [6, 6.07) is 9.46. The summed E-state index contributed by atoms with van der Waals surface area (Å²) in [7, 11) is 0. The van der Waals surface area contributed by atoms with E-state index in [1.807, 2.05) is 35.2 Å². The molecule has 4 rings (SSSR count). The Morgan fingerprint density at radius 3 is 2.79 bits per heavy atom. The maximum absolute atomic E-state index is 12.7. The molecule has 6 heteroatoms. The van der Waals surface area contributed by atoms with Crippen molar-refractivity contribution in [1.82, 2.24) is 14.9 Å². The van der Waals surface area contributed by atoms with E-state index in [1.165, 1.54) is 0 Å². The molecule has 0 unspecified atom stereocenters. The van der Waals surface area contributed by atoms with Gasteiger partial charge in [-0.2, -0.15) is 0 Å². The molecule has 124 valence electrons. The van der Waals surface area contributed by atoms with E-state index in [0.29, 0.717) is 19.1 Å². The molecule has 6 nitrogen and oxygen atoms in total. The predicted octanol–water partition coefficient (Wildman–Crippen LogP) is 1.45. The van der Waals surface area contributed by atoms with E-state index in [-0.39, 0.29) is 12.0 Å². The number of rotatable bonds is 2. The molecular weight excluding hydrogens is 304 g/mol. The Hall–Kier alpha value is -2.47. The molecule has 2 fully saturated rings. The molecule has 0 bridgehead atoms. The zero-order chi connectivity index (χ0) is 16.4. The SMILES string of the molecule is O=C(c1ccccc1)N1CCO[C@@H]2CN(c3cnccn3)C[C@@H]2C1. The van der Waals surface area contributed by atoms with E-state index in [1.54, 1.807) is 18.6 Å². The molecular formula is C18H20N4O2. The second kappa shape index (κ2) is 6.57. The molecule has 0 radical (unpaired) electrons. The minimum atomic E-state index is 0.0813. The molecule has 1 aromatic carbocycles. The lowest BCUT2D eigenvalue weighted by molar-refractivity contribution is 0.0569. The molecule has 2 atom stereocenters. The molecule has 2 aliphatic heterocycles. The Morgan fingerprint density at radius 1 is 1.12 bits per heavy atom. The molecule has 24 heavy (non-hydrogen) atoms. The highest BCUT2D eigenvalue weighted by atomic mass is 16.5. The summed E-state index contributed by atoms with van der Waals surface area (Å²) in [5.41, 5.74) is 0.736. The van der Waals surface area contributed by atoms with Crippen LogP contribution in [0.3, 0.4) is 0 Å². The minimum absolute atomic E-state index is 0.0813. The van der Waals surface area contributed by atoms with E-state index < -0.39 is 0 Å². The largest absolute Gasteiger partial charge is 0.374 e. The van der Waals surface area contributed by atoms with Gasteiger partial charge in [0.1, 0.15) is 5.82 Å². The smallest absolute Gasteiger partial charge is 0.253 e.